The van der Waals surface area contributed by atoms with Gasteiger partial charge in [0.25, 0.3) is 5.91 Å². The number of rotatable bonds is 6. The zero-order chi connectivity index (χ0) is 20.1. The topological polar surface area (TPSA) is 44.8 Å². The average molecular weight is 382 g/mol. The third kappa shape index (κ3) is 5.57. The van der Waals surface area contributed by atoms with E-state index in [1.165, 1.54) is 5.56 Å². The molecule has 1 heterocycles. The molecule has 1 fully saturated rings. The number of amides is 1. The molecule has 1 saturated heterocycles. The predicted octanol–water partition coefficient (Wildman–Crippen LogP) is 3.29. The monoisotopic (exact) mass is 381 g/mol. The molecule has 0 bridgehead atoms. The van der Waals surface area contributed by atoms with E-state index in [-0.39, 0.29) is 18.1 Å². The van der Waals surface area contributed by atoms with Crippen molar-refractivity contribution in [2.24, 2.45) is 0 Å². The van der Waals surface area contributed by atoms with Gasteiger partial charge >= 0.3 is 0 Å². The van der Waals surface area contributed by atoms with Crippen LogP contribution < -0.4 is 10.2 Å². The van der Waals surface area contributed by atoms with E-state index < -0.39 is 0 Å². The number of anilines is 1. The summed E-state index contributed by atoms with van der Waals surface area (Å²) in [7, 11) is 3.97. The van der Waals surface area contributed by atoms with Gasteiger partial charge in [-0.1, -0.05) is 24.3 Å². The Morgan fingerprint density at radius 2 is 1.57 bits per heavy atom. The molecule has 0 radical (unpaired) electrons. The normalized spacial score (nSPS) is 20.0. The van der Waals surface area contributed by atoms with Gasteiger partial charge < -0.3 is 15.0 Å². The van der Waals surface area contributed by atoms with Crippen molar-refractivity contribution in [2.75, 3.05) is 32.1 Å². The SMILES string of the molecule is CC1CN(Cc2ccc(CNC(=O)c3ccc(N(C)C)cc3)cc2)CC(C)O1. The van der Waals surface area contributed by atoms with Crippen molar-refractivity contribution >= 4 is 11.6 Å². The van der Waals surface area contributed by atoms with Gasteiger partial charge in [0.1, 0.15) is 0 Å². The van der Waals surface area contributed by atoms with Crippen molar-refractivity contribution in [3.63, 3.8) is 0 Å². The van der Waals surface area contributed by atoms with E-state index in [4.69, 9.17) is 4.74 Å². The number of nitrogens with zero attached hydrogens (tertiary/aromatic N) is 2. The lowest BCUT2D eigenvalue weighted by molar-refractivity contribution is -0.0704. The van der Waals surface area contributed by atoms with Crippen LogP contribution in [0.2, 0.25) is 0 Å². The van der Waals surface area contributed by atoms with E-state index >= 15 is 0 Å². The zero-order valence-electron chi connectivity index (χ0n) is 17.3. The first kappa shape index (κ1) is 20.4. The van der Waals surface area contributed by atoms with Crippen LogP contribution in [-0.4, -0.2) is 50.2 Å². The van der Waals surface area contributed by atoms with Gasteiger partial charge in [0.15, 0.2) is 0 Å². The van der Waals surface area contributed by atoms with Crippen LogP contribution in [0.4, 0.5) is 5.69 Å². The van der Waals surface area contributed by atoms with Crippen LogP contribution in [0.3, 0.4) is 0 Å². The Labute approximate surface area is 168 Å². The van der Waals surface area contributed by atoms with Crippen molar-refractivity contribution in [2.45, 2.75) is 39.1 Å². The van der Waals surface area contributed by atoms with Crippen LogP contribution in [0, 0.1) is 0 Å². The number of benzene rings is 2. The van der Waals surface area contributed by atoms with Crippen LogP contribution in [0.25, 0.3) is 0 Å². The van der Waals surface area contributed by atoms with Crippen molar-refractivity contribution in [3.05, 3.63) is 65.2 Å². The first-order valence-electron chi connectivity index (χ1n) is 9.92. The maximum atomic E-state index is 12.3. The van der Waals surface area contributed by atoms with E-state index in [0.29, 0.717) is 12.1 Å². The lowest BCUT2D eigenvalue weighted by atomic mass is 10.1. The molecular formula is C23H31N3O2. The fraction of sp³-hybridized carbons (Fsp3) is 0.435. The highest BCUT2D eigenvalue weighted by Gasteiger charge is 2.21. The molecule has 2 aromatic carbocycles. The lowest BCUT2D eigenvalue weighted by Gasteiger charge is -2.35. The summed E-state index contributed by atoms with van der Waals surface area (Å²) < 4.78 is 5.80. The van der Waals surface area contributed by atoms with E-state index in [1.54, 1.807) is 0 Å². The largest absolute Gasteiger partial charge is 0.378 e. The van der Waals surface area contributed by atoms with E-state index in [9.17, 15) is 4.79 Å². The van der Waals surface area contributed by atoms with E-state index in [2.05, 4.69) is 48.3 Å². The maximum absolute atomic E-state index is 12.3. The fourth-order valence-electron chi connectivity index (χ4n) is 3.63. The summed E-state index contributed by atoms with van der Waals surface area (Å²) in [5.74, 6) is -0.0503. The van der Waals surface area contributed by atoms with Crippen molar-refractivity contribution in [1.29, 1.82) is 0 Å². The summed E-state index contributed by atoms with van der Waals surface area (Å²) in [4.78, 5) is 16.8. The number of nitrogens with one attached hydrogen (secondary N) is 1. The van der Waals surface area contributed by atoms with Crippen LogP contribution in [0.5, 0.6) is 0 Å². The summed E-state index contributed by atoms with van der Waals surface area (Å²) in [6, 6.07) is 16.1. The quantitative estimate of drug-likeness (QED) is 0.834. The highest BCUT2D eigenvalue weighted by molar-refractivity contribution is 5.94. The number of carbonyl (C=O) groups excluding carboxylic acids is 1. The molecule has 1 aliphatic rings. The lowest BCUT2D eigenvalue weighted by Crippen LogP contribution is -2.44. The standard InChI is InChI=1S/C23H31N3O2/c1-17-14-26(15-18(2)28-17)16-20-7-5-19(6-8-20)13-24-23(27)21-9-11-22(12-10-21)25(3)4/h5-12,17-18H,13-16H2,1-4H3,(H,24,27). The minimum Gasteiger partial charge on any atom is -0.378 e. The summed E-state index contributed by atoms with van der Waals surface area (Å²) in [5, 5.41) is 3.00. The number of carbonyl (C=O) groups is 1. The van der Waals surface area contributed by atoms with Gasteiger partial charge in [-0.25, -0.2) is 0 Å². The second-order valence-corrected chi connectivity index (χ2v) is 7.89. The maximum Gasteiger partial charge on any atom is 0.251 e. The van der Waals surface area contributed by atoms with Gasteiger partial charge in [0.2, 0.25) is 0 Å². The molecule has 1 N–H and O–H groups in total. The molecule has 0 aliphatic carbocycles. The first-order chi connectivity index (χ1) is 13.4. The molecule has 5 heteroatoms. The van der Waals surface area contributed by atoms with Crippen LogP contribution in [0.15, 0.2) is 48.5 Å². The number of hydrogen-bond donors (Lipinski definition) is 1. The molecule has 28 heavy (non-hydrogen) atoms. The van der Waals surface area contributed by atoms with Gasteiger partial charge in [0.05, 0.1) is 12.2 Å². The molecule has 5 nitrogen and oxygen atoms in total. The zero-order valence-corrected chi connectivity index (χ0v) is 17.3. The van der Waals surface area contributed by atoms with E-state index in [0.717, 1.165) is 30.9 Å². The third-order valence-corrected chi connectivity index (χ3v) is 5.02. The Morgan fingerprint density at radius 1 is 1.00 bits per heavy atom. The van der Waals surface area contributed by atoms with Crippen molar-refractivity contribution in [1.82, 2.24) is 10.2 Å². The molecule has 2 aromatic rings. The Hall–Kier alpha value is -2.37. The molecule has 3 rings (SSSR count). The second kappa shape index (κ2) is 9.22. The Kier molecular flexibility index (Phi) is 6.70. The number of ether oxygens (including phenoxy) is 1. The summed E-state index contributed by atoms with van der Waals surface area (Å²) in [5.41, 5.74) is 4.15. The van der Waals surface area contributed by atoms with E-state index in [1.807, 2.05) is 43.3 Å². The molecule has 150 valence electrons. The Balaban J connectivity index is 1.50. The summed E-state index contributed by atoms with van der Waals surface area (Å²) in [6.07, 6.45) is 0.565. The third-order valence-electron chi connectivity index (χ3n) is 5.02. The Bertz CT molecular complexity index is 761. The number of morpholine rings is 1. The molecule has 2 atom stereocenters. The summed E-state index contributed by atoms with van der Waals surface area (Å²) >= 11 is 0. The van der Waals surface area contributed by atoms with Gasteiger partial charge in [-0.05, 0) is 49.2 Å². The minimum absolute atomic E-state index is 0.0503. The minimum atomic E-state index is -0.0503. The highest BCUT2D eigenvalue weighted by atomic mass is 16.5. The first-order valence-corrected chi connectivity index (χ1v) is 9.92. The number of hydrogen-bond acceptors (Lipinski definition) is 4. The predicted molar refractivity (Wildman–Crippen MR) is 114 cm³/mol. The van der Waals surface area contributed by atoms with Crippen LogP contribution >= 0.6 is 0 Å². The van der Waals surface area contributed by atoms with Gasteiger partial charge in [0, 0.05) is 51.5 Å². The molecule has 0 saturated carbocycles. The van der Waals surface area contributed by atoms with Gasteiger partial charge in [-0.15, -0.1) is 0 Å². The molecular weight excluding hydrogens is 350 g/mol. The molecule has 1 aliphatic heterocycles. The summed E-state index contributed by atoms with van der Waals surface area (Å²) in [6.45, 7) is 7.65. The highest BCUT2D eigenvalue weighted by Crippen LogP contribution is 2.15. The molecule has 0 aromatic heterocycles. The average Bonchev–Trinajstić information content (AvgIpc) is 2.66. The van der Waals surface area contributed by atoms with Crippen molar-refractivity contribution in [3.8, 4) is 0 Å². The van der Waals surface area contributed by atoms with Gasteiger partial charge in [-0.2, -0.15) is 0 Å². The fourth-order valence-corrected chi connectivity index (χ4v) is 3.63. The van der Waals surface area contributed by atoms with Gasteiger partial charge in [-0.3, -0.25) is 9.69 Å². The van der Waals surface area contributed by atoms with Crippen LogP contribution in [-0.2, 0) is 17.8 Å². The van der Waals surface area contributed by atoms with Crippen molar-refractivity contribution < 1.29 is 9.53 Å². The smallest absolute Gasteiger partial charge is 0.251 e. The molecule has 2 unspecified atom stereocenters. The Morgan fingerprint density at radius 3 is 2.14 bits per heavy atom. The van der Waals surface area contributed by atoms with Crippen LogP contribution in [0.1, 0.15) is 35.3 Å². The molecule has 0 spiro atoms. The second-order valence-electron chi connectivity index (χ2n) is 7.89. The molecule has 1 amide bonds.